The maximum atomic E-state index is 13.6. The number of hydrogen-bond acceptors (Lipinski definition) is 6. The molecule has 2 amide bonds. The average Bonchev–Trinajstić information content (AvgIpc) is 3.00. The molecule has 0 bridgehead atoms. The summed E-state index contributed by atoms with van der Waals surface area (Å²) in [5, 5.41) is 5.51. The highest BCUT2D eigenvalue weighted by Gasteiger charge is 2.28. The molecule has 9 nitrogen and oxygen atoms in total. The number of carbonyl (C=O) groups excluding carboxylic acids is 2. The van der Waals surface area contributed by atoms with Gasteiger partial charge in [-0.2, -0.15) is 0 Å². The minimum Gasteiger partial charge on any atom is -0.493 e. The number of aryl methyl sites for hydroxylation is 1. The number of hydrogen-bond donors (Lipinski definition) is 2. The topological polar surface area (TPSA) is 114 Å². The molecule has 0 aliphatic rings. The fraction of sp³-hybridized carbons (Fsp3) is 0.188. The van der Waals surface area contributed by atoms with Crippen molar-refractivity contribution in [2.45, 2.75) is 18.2 Å². The number of ether oxygens (including phenoxy) is 2. The van der Waals surface area contributed by atoms with E-state index in [-0.39, 0.29) is 21.8 Å². The van der Waals surface area contributed by atoms with Crippen molar-refractivity contribution in [3.8, 4) is 11.5 Å². The highest BCUT2D eigenvalue weighted by Crippen LogP contribution is 2.28. The van der Waals surface area contributed by atoms with E-state index in [1.165, 1.54) is 24.3 Å². The minimum atomic E-state index is -4.19. The van der Waals surface area contributed by atoms with Crippen molar-refractivity contribution >= 4 is 33.2 Å². The van der Waals surface area contributed by atoms with Crippen LogP contribution in [0.25, 0.3) is 0 Å². The fourth-order valence-electron chi connectivity index (χ4n) is 4.32. The van der Waals surface area contributed by atoms with Crippen LogP contribution in [0.3, 0.4) is 0 Å². The Kier molecular flexibility index (Phi) is 9.99. The molecule has 0 aromatic heterocycles. The second-order valence-electron chi connectivity index (χ2n) is 9.59. The first-order valence-corrected chi connectivity index (χ1v) is 14.8. The van der Waals surface area contributed by atoms with E-state index in [1.807, 2.05) is 19.1 Å². The molecular formula is C32H32FN3O6S. The van der Waals surface area contributed by atoms with Gasteiger partial charge in [0.15, 0.2) is 11.5 Å². The Morgan fingerprint density at radius 1 is 0.860 bits per heavy atom. The quantitative estimate of drug-likeness (QED) is 0.236. The zero-order chi connectivity index (χ0) is 31.0. The molecule has 4 aromatic rings. The maximum absolute atomic E-state index is 13.6. The zero-order valence-corrected chi connectivity index (χ0v) is 24.8. The maximum Gasteiger partial charge on any atom is 0.264 e. The SMILES string of the molecule is COc1ccc(CCNC(=O)c2ccccc2NC(=O)CN(c2ccc(F)cc2)S(=O)(=O)c2ccc(C)cc2)cc1OC. The van der Waals surface area contributed by atoms with E-state index in [4.69, 9.17) is 9.47 Å². The van der Waals surface area contributed by atoms with Crippen LogP contribution in [0.4, 0.5) is 15.8 Å². The third-order valence-corrected chi connectivity index (χ3v) is 8.39. The third kappa shape index (κ3) is 7.69. The summed E-state index contributed by atoms with van der Waals surface area (Å²) in [6, 6.07) is 22.9. The second-order valence-corrected chi connectivity index (χ2v) is 11.5. The number of nitrogens with one attached hydrogen (secondary N) is 2. The summed E-state index contributed by atoms with van der Waals surface area (Å²) in [5.41, 5.74) is 2.32. The van der Waals surface area contributed by atoms with Gasteiger partial charge in [0.05, 0.1) is 36.1 Å². The largest absolute Gasteiger partial charge is 0.493 e. The highest BCUT2D eigenvalue weighted by molar-refractivity contribution is 7.92. The Labute approximate surface area is 250 Å². The molecule has 0 saturated carbocycles. The van der Waals surface area contributed by atoms with Crippen LogP contribution < -0.4 is 24.4 Å². The first-order valence-electron chi connectivity index (χ1n) is 13.4. The summed E-state index contributed by atoms with van der Waals surface area (Å²) in [6.45, 7) is 1.52. The lowest BCUT2D eigenvalue weighted by atomic mass is 10.1. The lowest BCUT2D eigenvalue weighted by Crippen LogP contribution is -2.38. The van der Waals surface area contributed by atoms with Gasteiger partial charge in [0.1, 0.15) is 12.4 Å². The van der Waals surface area contributed by atoms with E-state index in [9.17, 15) is 22.4 Å². The van der Waals surface area contributed by atoms with E-state index in [0.29, 0.717) is 24.5 Å². The van der Waals surface area contributed by atoms with Crippen LogP contribution in [0.2, 0.25) is 0 Å². The van der Waals surface area contributed by atoms with Gasteiger partial charge >= 0.3 is 0 Å². The fourth-order valence-corrected chi connectivity index (χ4v) is 5.74. The van der Waals surface area contributed by atoms with Crippen molar-refractivity contribution in [3.05, 3.63) is 114 Å². The third-order valence-electron chi connectivity index (χ3n) is 6.60. The van der Waals surface area contributed by atoms with Gasteiger partial charge in [-0.25, -0.2) is 12.8 Å². The van der Waals surface area contributed by atoms with E-state index in [0.717, 1.165) is 27.6 Å². The Morgan fingerprint density at radius 2 is 1.53 bits per heavy atom. The monoisotopic (exact) mass is 605 g/mol. The molecule has 0 atom stereocenters. The van der Waals surface area contributed by atoms with E-state index >= 15 is 0 Å². The number of methoxy groups -OCH3 is 2. The predicted molar refractivity (Wildman–Crippen MR) is 163 cm³/mol. The van der Waals surface area contributed by atoms with Gasteiger partial charge in [-0.15, -0.1) is 0 Å². The lowest BCUT2D eigenvalue weighted by molar-refractivity contribution is -0.114. The molecular weight excluding hydrogens is 573 g/mol. The van der Waals surface area contributed by atoms with Crippen LogP contribution in [0.5, 0.6) is 11.5 Å². The average molecular weight is 606 g/mol. The molecule has 43 heavy (non-hydrogen) atoms. The first-order chi connectivity index (χ1) is 20.6. The van der Waals surface area contributed by atoms with Gasteiger partial charge < -0.3 is 20.1 Å². The molecule has 0 aliphatic carbocycles. The van der Waals surface area contributed by atoms with Crippen molar-refractivity contribution in [2.75, 3.05) is 36.9 Å². The summed E-state index contributed by atoms with van der Waals surface area (Å²) >= 11 is 0. The normalized spacial score (nSPS) is 11.0. The van der Waals surface area contributed by atoms with Gasteiger partial charge in [0.2, 0.25) is 5.91 Å². The number of rotatable bonds is 12. The summed E-state index contributed by atoms with van der Waals surface area (Å²) in [6.07, 6.45) is 0.518. The van der Waals surface area contributed by atoms with Gasteiger partial charge in [-0.05, 0) is 79.6 Å². The van der Waals surface area contributed by atoms with Crippen molar-refractivity contribution in [1.82, 2.24) is 5.32 Å². The van der Waals surface area contributed by atoms with Gasteiger partial charge in [-0.3, -0.25) is 13.9 Å². The van der Waals surface area contributed by atoms with E-state index in [1.54, 1.807) is 56.7 Å². The second kappa shape index (κ2) is 13.8. The number of nitrogens with zero attached hydrogens (tertiary/aromatic N) is 1. The van der Waals surface area contributed by atoms with Crippen molar-refractivity contribution in [1.29, 1.82) is 0 Å². The lowest BCUT2D eigenvalue weighted by Gasteiger charge is -2.24. The molecule has 4 rings (SSSR count). The summed E-state index contributed by atoms with van der Waals surface area (Å²) in [5.74, 6) is -0.473. The number of sulfonamides is 1. The number of carbonyl (C=O) groups is 2. The standard InChI is InChI=1S/C32H32FN3O6S/c1-22-8-15-26(16-9-22)43(39,40)36(25-13-11-24(33)12-14-25)21-31(37)35-28-7-5-4-6-27(28)32(38)34-19-18-23-10-17-29(41-2)30(20-23)42-3/h4-17,20H,18-19,21H2,1-3H3,(H,34,38)(H,35,37). The molecule has 224 valence electrons. The molecule has 0 spiro atoms. The van der Waals surface area contributed by atoms with Gasteiger partial charge in [-0.1, -0.05) is 35.9 Å². The number of para-hydroxylation sites is 1. The number of anilines is 2. The van der Waals surface area contributed by atoms with Crippen LogP contribution >= 0.6 is 0 Å². The van der Waals surface area contributed by atoms with Crippen molar-refractivity contribution < 1.29 is 31.9 Å². The summed E-state index contributed by atoms with van der Waals surface area (Å²) in [7, 11) is -1.09. The number of amides is 2. The predicted octanol–water partition coefficient (Wildman–Crippen LogP) is 4.96. The van der Waals surface area contributed by atoms with Crippen LogP contribution in [0.15, 0.2) is 95.9 Å². The van der Waals surface area contributed by atoms with Crippen LogP contribution in [0, 0.1) is 12.7 Å². The molecule has 11 heteroatoms. The molecule has 0 fully saturated rings. The minimum absolute atomic E-state index is 0.0236. The molecule has 0 saturated heterocycles. The molecule has 0 aliphatic heterocycles. The molecule has 0 unspecified atom stereocenters. The molecule has 4 aromatic carbocycles. The molecule has 0 heterocycles. The van der Waals surface area contributed by atoms with Crippen LogP contribution in [0.1, 0.15) is 21.5 Å². The molecule has 0 radical (unpaired) electrons. The highest BCUT2D eigenvalue weighted by atomic mass is 32.2. The van der Waals surface area contributed by atoms with Crippen LogP contribution in [-0.2, 0) is 21.2 Å². The molecule has 2 N–H and O–H groups in total. The Bertz CT molecular complexity index is 1690. The first kappa shape index (κ1) is 31.0. The van der Waals surface area contributed by atoms with E-state index in [2.05, 4.69) is 10.6 Å². The van der Waals surface area contributed by atoms with Crippen molar-refractivity contribution in [2.24, 2.45) is 0 Å². The Morgan fingerprint density at radius 3 is 2.21 bits per heavy atom. The Balaban J connectivity index is 1.48. The van der Waals surface area contributed by atoms with Crippen molar-refractivity contribution in [3.63, 3.8) is 0 Å². The van der Waals surface area contributed by atoms with Crippen LogP contribution in [-0.4, -0.2) is 47.5 Å². The van der Waals surface area contributed by atoms with Gasteiger partial charge in [0, 0.05) is 6.54 Å². The van der Waals surface area contributed by atoms with Gasteiger partial charge in [0.25, 0.3) is 15.9 Å². The summed E-state index contributed by atoms with van der Waals surface area (Å²) < 4.78 is 52.3. The number of benzene rings is 4. The smallest absolute Gasteiger partial charge is 0.264 e. The summed E-state index contributed by atoms with van der Waals surface area (Å²) in [4.78, 5) is 26.3. The Hall–Kier alpha value is -4.90. The zero-order valence-electron chi connectivity index (χ0n) is 24.0. The van der Waals surface area contributed by atoms with E-state index < -0.39 is 34.2 Å². The number of halogens is 1.